The fraction of sp³-hybridized carbons (Fsp3) is 0.929. The predicted octanol–water partition coefficient (Wildman–Crippen LogP) is 3.82. The van der Waals surface area contributed by atoms with Gasteiger partial charge in [-0.15, -0.1) is 0 Å². The minimum Gasteiger partial charge on any atom is -0.299 e. The summed E-state index contributed by atoms with van der Waals surface area (Å²) in [6.07, 6.45) is 7.46. The lowest BCUT2D eigenvalue weighted by molar-refractivity contribution is -0.136. The molecule has 0 spiro atoms. The maximum absolute atomic E-state index is 12.0. The molecular formula is C14H24O. The average molecular weight is 208 g/mol. The van der Waals surface area contributed by atoms with Crippen LogP contribution in [0.1, 0.15) is 59.3 Å². The highest BCUT2D eigenvalue weighted by Crippen LogP contribution is 2.53. The molecule has 2 aliphatic carbocycles. The van der Waals surface area contributed by atoms with E-state index in [2.05, 4.69) is 13.8 Å². The topological polar surface area (TPSA) is 17.1 Å². The van der Waals surface area contributed by atoms with E-state index < -0.39 is 0 Å². The fourth-order valence-corrected chi connectivity index (χ4v) is 3.94. The Bertz CT molecular complexity index is 240. The van der Waals surface area contributed by atoms with Crippen molar-refractivity contribution in [2.75, 3.05) is 0 Å². The number of rotatable bonds is 1. The number of fused-ring (bicyclic) bond motifs is 1. The van der Waals surface area contributed by atoms with E-state index in [4.69, 9.17) is 0 Å². The molecule has 2 fully saturated rings. The SMILES string of the molecule is CC(=O)C12CCC(C)CC1CC(C)CC2. The summed E-state index contributed by atoms with van der Waals surface area (Å²) >= 11 is 0. The van der Waals surface area contributed by atoms with Crippen molar-refractivity contribution in [2.24, 2.45) is 23.2 Å². The Balaban J connectivity index is 2.21. The summed E-state index contributed by atoms with van der Waals surface area (Å²) in [5.74, 6) is 2.86. The molecule has 86 valence electrons. The van der Waals surface area contributed by atoms with Crippen LogP contribution in [0.5, 0.6) is 0 Å². The van der Waals surface area contributed by atoms with E-state index in [9.17, 15) is 4.79 Å². The van der Waals surface area contributed by atoms with Crippen LogP contribution >= 0.6 is 0 Å². The molecule has 0 amide bonds. The minimum atomic E-state index is 0.0963. The molecule has 15 heavy (non-hydrogen) atoms. The van der Waals surface area contributed by atoms with E-state index in [0.29, 0.717) is 11.7 Å². The molecule has 0 aliphatic heterocycles. The maximum Gasteiger partial charge on any atom is 0.136 e. The van der Waals surface area contributed by atoms with Gasteiger partial charge in [0.05, 0.1) is 0 Å². The summed E-state index contributed by atoms with van der Waals surface area (Å²) in [5, 5.41) is 0. The largest absolute Gasteiger partial charge is 0.299 e. The highest BCUT2D eigenvalue weighted by molar-refractivity contribution is 5.83. The summed E-state index contributed by atoms with van der Waals surface area (Å²) in [7, 11) is 0. The average Bonchev–Trinajstić information content (AvgIpc) is 2.17. The first kappa shape index (κ1) is 11.2. The van der Waals surface area contributed by atoms with Crippen LogP contribution in [-0.4, -0.2) is 5.78 Å². The monoisotopic (exact) mass is 208 g/mol. The van der Waals surface area contributed by atoms with Crippen molar-refractivity contribution in [1.29, 1.82) is 0 Å². The lowest BCUT2D eigenvalue weighted by Gasteiger charge is -2.49. The third-order valence-electron chi connectivity index (χ3n) is 5.02. The Morgan fingerprint density at radius 1 is 1.07 bits per heavy atom. The zero-order valence-electron chi connectivity index (χ0n) is 10.4. The molecule has 2 saturated carbocycles. The van der Waals surface area contributed by atoms with Crippen LogP contribution in [0.3, 0.4) is 0 Å². The molecule has 0 saturated heterocycles. The van der Waals surface area contributed by atoms with E-state index >= 15 is 0 Å². The van der Waals surface area contributed by atoms with Crippen molar-refractivity contribution >= 4 is 5.78 Å². The van der Waals surface area contributed by atoms with Crippen molar-refractivity contribution in [3.63, 3.8) is 0 Å². The number of ketones is 1. The summed E-state index contributed by atoms with van der Waals surface area (Å²) in [6, 6.07) is 0. The Kier molecular flexibility index (Phi) is 2.92. The molecule has 2 atom stereocenters. The Hall–Kier alpha value is -0.330. The van der Waals surface area contributed by atoms with Gasteiger partial charge in [-0.2, -0.15) is 0 Å². The van der Waals surface area contributed by atoms with Gasteiger partial charge in [-0.1, -0.05) is 13.8 Å². The van der Waals surface area contributed by atoms with Gasteiger partial charge in [-0.25, -0.2) is 0 Å². The molecule has 1 nitrogen and oxygen atoms in total. The van der Waals surface area contributed by atoms with E-state index in [1.54, 1.807) is 0 Å². The van der Waals surface area contributed by atoms with Gasteiger partial charge >= 0.3 is 0 Å². The summed E-state index contributed by atoms with van der Waals surface area (Å²) in [4.78, 5) is 12.0. The molecular weight excluding hydrogens is 184 g/mol. The lowest BCUT2D eigenvalue weighted by atomic mass is 9.54. The highest BCUT2D eigenvalue weighted by atomic mass is 16.1. The van der Waals surface area contributed by atoms with Gasteiger partial charge in [-0.05, 0) is 63.2 Å². The van der Waals surface area contributed by atoms with Crippen LogP contribution in [0.25, 0.3) is 0 Å². The zero-order chi connectivity index (χ0) is 11.1. The third kappa shape index (κ3) is 1.86. The maximum atomic E-state index is 12.0. The molecule has 1 heteroatoms. The summed E-state index contributed by atoms with van der Waals surface area (Å²) in [6.45, 7) is 6.53. The molecule has 0 bridgehead atoms. The van der Waals surface area contributed by atoms with Crippen LogP contribution in [0.4, 0.5) is 0 Å². The molecule has 0 radical (unpaired) electrons. The van der Waals surface area contributed by atoms with Crippen LogP contribution in [-0.2, 0) is 4.79 Å². The quantitative estimate of drug-likeness (QED) is 0.640. The second kappa shape index (κ2) is 3.92. The number of hydrogen-bond donors (Lipinski definition) is 0. The molecule has 0 aromatic carbocycles. The second-order valence-corrected chi connectivity index (χ2v) is 6.17. The first-order valence-corrected chi connectivity index (χ1v) is 6.55. The molecule has 0 aromatic rings. The number of carbonyl (C=O) groups is 1. The van der Waals surface area contributed by atoms with Gasteiger partial charge in [0.25, 0.3) is 0 Å². The fourth-order valence-electron chi connectivity index (χ4n) is 3.94. The van der Waals surface area contributed by atoms with Crippen molar-refractivity contribution in [3.8, 4) is 0 Å². The number of carbonyl (C=O) groups excluding carboxylic acids is 1. The van der Waals surface area contributed by atoms with Gasteiger partial charge in [-0.3, -0.25) is 4.79 Å². The van der Waals surface area contributed by atoms with Gasteiger partial charge in [0.2, 0.25) is 0 Å². The van der Waals surface area contributed by atoms with E-state index in [1.165, 1.54) is 38.5 Å². The predicted molar refractivity (Wildman–Crippen MR) is 62.6 cm³/mol. The van der Waals surface area contributed by atoms with Crippen molar-refractivity contribution in [3.05, 3.63) is 0 Å². The van der Waals surface area contributed by atoms with Crippen LogP contribution < -0.4 is 0 Å². The number of Topliss-reactive ketones (excluding diaryl/α,β-unsaturated/α-hetero) is 1. The van der Waals surface area contributed by atoms with Gasteiger partial charge < -0.3 is 0 Å². The highest BCUT2D eigenvalue weighted by Gasteiger charge is 2.48. The zero-order valence-corrected chi connectivity index (χ0v) is 10.4. The van der Waals surface area contributed by atoms with E-state index in [1.807, 2.05) is 6.92 Å². The van der Waals surface area contributed by atoms with E-state index in [0.717, 1.165) is 11.8 Å². The third-order valence-corrected chi connectivity index (χ3v) is 5.02. The van der Waals surface area contributed by atoms with Crippen LogP contribution in [0.15, 0.2) is 0 Å². The molecule has 0 aromatic heterocycles. The Morgan fingerprint density at radius 2 is 1.53 bits per heavy atom. The van der Waals surface area contributed by atoms with Crippen molar-refractivity contribution in [2.45, 2.75) is 59.3 Å². The van der Waals surface area contributed by atoms with E-state index in [-0.39, 0.29) is 5.41 Å². The molecule has 2 rings (SSSR count). The molecule has 0 heterocycles. The van der Waals surface area contributed by atoms with Gasteiger partial charge in [0.1, 0.15) is 5.78 Å². The molecule has 2 aliphatic rings. The Labute approximate surface area is 93.6 Å². The standard InChI is InChI=1S/C14H24O/c1-10-4-6-14(12(3)15)7-5-11(2)9-13(14)8-10/h10-11,13H,4-9H2,1-3H3. The summed E-state index contributed by atoms with van der Waals surface area (Å²) < 4.78 is 0. The lowest BCUT2D eigenvalue weighted by Crippen LogP contribution is -2.45. The van der Waals surface area contributed by atoms with Gasteiger partial charge in [0, 0.05) is 5.41 Å². The van der Waals surface area contributed by atoms with Crippen LogP contribution in [0, 0.1) is 23.2 Å². The number of hydrogen-bond acceptors (Lipinski definition) is 1. The minimum absolute atomic E-state index is 0.0963. The molecule has 0 N–H and O–H groups in total. The Morgan fingerprint density at radius 3 is 1.93 bits per heavy atom. The van der Waals surface area contributed by atoms with Crippen molar-refractivity contribution in [1.82, 2.24) is 0 Å². The normalized spacial score (nSPS) is 45.9. The van der Waals surface area contributed by atoms with Crippen LogP contribution in [0.2, 0.25) is 0 Å². The smallest absolute Gasteiger partial charge is 0.136 e. The second-order valence-electron chi connectivity index (χ2n) is 6.17. The van der Waals surface area contributed by atoms with Crippen molar-refractivity contribution < 1.29 is 4.79 Å². The van der Waals surface area contributed by atoms with Gasteiger partial charge in [0.15, 0.2) is 0 Å². The first-order valence-electron chi connectivity index (χ1n) is 6.55. The first-order chi connectivity index (χ1) is 7.04. The summed E-state index contributed by atoms with van der Waals surface area (Å²) in [5.41, 5.74) is 0.0963. The molecule has 2 unspecified atom stereocenters.